The molecular weight excluding hydrogens is 347 g/mol. The van der Waals surface area contributed by atoms with Crippen molar-refractivity contribution in [3.8, 4) is 0 Å². The van der Waals surface area contributed by atoms with E-state index in [1.165, 1.54) is 0 Å². The maximum Gasteiger partial charge on any atom is 0.309 e. The number of halogens is 1. The van der Waals surface area contributed by atoms with Gasteiger partial charge in [0, 0.05) is 16.7 Å². The van der Waals surface area contributed by atoms with Gasteiger partial charge in [-0.25, -0.2) is 0 Å². The molecule has 1 aromatic carbocycles. The van der Waals surface area contributed by atoms with Gasteiger partial charge in [-0.05, 0) is 34.7 Å². The molecule has 1 aliphatic rings. The highest BCUT2D eigenvalue weighted by Gasteiger charge is 2.33. The second-order valence-corrected chi connectivity index (χ2v) is 5.42. The number of benzene rings is 1. The van der Waals surface area contributed by atoms with Gasteiger partial charge in [-0.2, -0.15) is 0 Å². The summed E-state index contributed by atoms with van der Waals surface area (Å²) < 4.78 is 0.982. The molecule has 0 saturated carbocycles. The van der Waals surface area contributed by atoms with Gasteiger partial charge < -0.3 is 10.4 Å². The summed E-state index contributed by atoms with van der Waals surface area (Å²) in [5.74, 6) is -1.22. The number of carboxylic acids is 1. The maximum atomic E-state index is 11.7. The van der Waals surface area contributed by atoms with Crippen LogP contribution in [0.25, 0.3) is 0 Å². The summed E-state index contributed by atoms with van der Waals surface area (Å²) in [4.78, 5) is 24.2. The van der Waals surface area contributed by atoms with Crippen LogP contribution in [0.3, 0.4) is 0 Å². The highest BCUT2D eigenvalue weighted by molar-refractivity contribution is 14.1. The van der Waals surface area contributed by atoms with E-state index in [2.05, 4.69) is 27.9 Å². The van der Waals surface area contributed by atoms with Crippen molar-refractivity contribution in [3.05, 3.63) is 27.8 Å². The molecule has 0 radical (unpaired) electrons. The molecule has 2 N–H and O–H groups in total. The number of rotatable bonds is 4. The lowest BCUT2D eigenvalue weighted by Crippen LogP contribution is -2.52. The van der Waals surface area contributed by atoms with Crippen molar-refractivity contribution in [1.82, 2.24) is 4.90 Å². The third-order valence-electron chi connectivity index (χ3n) is 2.82. The number of para-hydroxylation sites is 1. The highest BCUT2D eigenvalue weighted by atomic mass is 127. The van der Waals surface area contributed by atoms with E-state index in [1.54, 1.807) is 0 Å². The van der Waals surface area contributed by atoms with Crippen LogP contribution in [0, 0.1) is 9.49 Å². The number of aliphatic carboxylic acids is 1. The molecule has 1 amide bonds. The Kier molecular flexibility index (Phi) is 4.18. The van der Waals surface area contributed by atoms with E-state index in [1.807, 2.05) is 29.2 Å². The fourth-order valence-electron chi connectivity index (χ4n) is 1.81. The molecule has 2 rings (SSSR count). The van der Waals surface area contributed by atoms with Crippen LogP contribution in [0.15, 0.2) is 24.3 Å². The first-order valence-corrected chi connectivity index (χ1v) is 6.63. The van der Waals surface area contributed by atoms with Crippen LogP contribution in [-0.4, -0.2) is 41.5 Å². The van der Waals surface area contributed by atoms with E-state index in [9.17, 15) is 9.59 Å². The predicted octanol–water partition coefficient (Wildman–Crippen LogP) is 1.25. The van der Waals surface area contributed by atoms with Crippen molar-refractivity contribution in [2.24, 2.45) is 5.92 Å². The number of amides is 1. The zero-order chi connectivity index (χ0) is 13.1. The van der Waals surface area contributed by atoms with Crippen LogP contribution in [-0.2, 0) is 9.59 Å². The number of anilines is 1. The van der Waals surface area contributed by atoms with Gasteiger partial charge in [0.2, 0.25) is 5.91 Å². The number of hydrogen-bond donors (Lipinski definition) is 2. The Morgan fingerprint density at radius 2 is 2.06 bits per heavy atom. The van der Waals surface area contributed by atoms with Gasteiger partial charge in [0.05, 0.1) is 18.2 Å². The number of carboxylic acid groups (broad SMARTS) is 1. The van der Waals surface area contributed by atoms with Crippen molar-refractivity contribution in [2.75, 3.05) is 25.0 Å². The second-order valence-electron chi connectivity index (χ2n) is 4.26. The van der Waals surface area contributed by atoms with Gasteiger partial charge in [-0.1, -0.05) is 12.1 Å². The van der Waals surface area contributed by atoms with Crippen molar-refractivity contribution >= 4 is 40.2 Å². The van der Waals surface area contributed by atoms with Crippen molar-refractivity contribution < 1.29 is 14.7 Å². The average molecular weight is 360 g/mol. The first-order chi connectivity index (χ1) is 8.56. The molecular formula is C12H13IN2O3. The molecule has 1 fully saturated rings. The van der Waals surface area contributed by atoms with Crippen LogP contribution in [0.1, 0.15) is 0 Å². The highest BCUT2D eigenvalue weighted by Crippen LogP contribution is 2.18. The summed E-state index contributed by atoms with van der Waals surface area (Å²) in [5.41, 5.74) is 0.790. The first-order valence-electron chi connectivity index (χ1n) is 5.56. The minimum Gasteiger partial charge on any atom is -0.481 e. The molecule has 0 aliphatic carbocycles. The zero-order valence-corrected chi connectivity index (χ0v) is 11.8. The Balaban J connectivity index is 1.80. The lowest BCUT2D eigenvalue weighted by Gasteiger charge is -2.35. The Morgan fingerprint density at radius 1 is 1.39 bits per heavy atom. The molecule has 6 heteroatoms. The molecule has 96 valence electrons. The normalized spacial score (nSPS) is 16.1. The van der Waals surface area contributed by atoms with Gasteiger partial charge in [0.15, 0.2) is 0 Å². The number of carbonyl (C=O) groups excluding carboxylic acids is 1. The van der Waals surface area contributed by atoms with E-state index in [-0.39, 0.29) is 18.4 Å². The van der Waals surface area contributed by atoms with E-state index < -0.39 is 5.97 Å². The number of likely N-dealkylation sites (tertiary alicyclic amines) is 1. The van der Waals surface area contributed by atoms with E-state index in [0.717, 1.165) is 9.26 Å². The topological polar surface area (TPSA) is 69.6 Å². The molecule has 18 heavy (non-hydrogen) atoms. The SMILES string of the molecule is O=C(CN1CC(C(=O)O)C1)Nc1ccccc1I. The zero-order valence-electron chi connectivity index (χ0n) is 9.60. The van der Waals surface area contributed by atoms with Gasteiger partial charge >= 0.3 is 5.97 Å². The number of nitrogens with zero attached hydrogens (tertiary/aromatic N) is 1. The second kappa shape index (κ2) is 5.66. The molecule has 1 aromatic rings. The van der Waals surface area contributed by atoms with E-state index in [4.69, 9.17) is 5.11 Å². The quantitative estimate of drug-likeness (QED) is 0.793. The number of carbonyl (C=O) groups is 2. The lowest BCUT2D eigenvalue weighted by atomic mass is 10.0. The van der Waals surface area contributed by atoms with Crippen molar-refractivity contribution in [2.45, 2.75) is 0 Å². The van der Waals surface area contributed by atoms with Crippen LogP contribution in [0.2, 0.25) is 0 Å². The molecule has 5 nitrogen and oxygen atoms in total. The minimum absolute atomic E-state index is 0.108. The third-order valence-corrected chi connectivity index (χ3v) is 3.76. The first kappa shape index (κ1) is 13.3. The fraction of sp³-hybridized carbons (Fsp3) is 0.333. The van der Waals surface area contributed by atoms with Crippen molar-refractivity contribution in [1.29, 1.82) is 0 Å². The molecule has 0 bridgehead atoms. The lowest BCUT2D eigenvalue weighted by molar-refractivity contribution is -0.148. The van der Waals surface area contributed by atoms with Crippen LogP contribution < -0.4 is 5.32 Å². The molecule has 1 heterocycles. The fourth-order valence-corrected chi connectivity index (χ4v) is 2.33. The molecule has 0 aromatic heterocycles. The maximum absolute atomic E-state index is 11.7. The summed E-state index contributed by atoms with van der Waals surface area (Å²) >= 11 is 2.16. The Hall–Kier alpha value is -1.15. The smallest absolute Gasteiger partial charge is 0.309 e. The number of nitrogens with one attached hydrogen (secondary N) is 1. The molecule has 0 atom stereocenters. The van der Waals surface area contributed by atoms with Gasteiger partial charge in [-0.15, -0.1) is 0 Å². The van der Waals surface area contributed by atoms with Crippen LogP contribution in [0.5, 0.6) is 0 Å². The summed E-state index contributed by atoms with van der Waals surface area (Å²) in [6.07, 6.45) is 0. The summed E-state index contributed by atoms with van der Waals surface area (Å²) in [7, 11) is 0. The van der Waals surface area contributed by atoms with E-state index >= 15 is 0 Å². The summed E-state index contributed by atoms with van der Waals surface area (Å²) in [6.45, 7) is 1.15. The average Bonchev–Trinajstić information content (AvgIpc) is 2.25. The summed E-state index contributed by atoms with van der Waals surface area (Å²) in [5, 5.41) is 11.5. The minimum atomic E-state index is -0.788. The molecule has 0 spiro atoms. The summed E-state index contributed by atoms with van der Waals surface area (Å²) in [6, 6.07) is 7.53. The van der Waals surface area contributed by atoms with Crippen LogP contribution in [0.4, 0.5) is 5.69 Å². The van der Waals surface area contributed by atoms with Crippen molar-refractivity contribution in [3.63, 3.8) is 0 Å². The van der Waals surface area contributed by atoms with Gasteiger partial charge in [-0.3, -0.25) is 14.5 Å². The Labute approximate surface area is 118 Å². The third kappa shape index (κ3) is 3.20. The number of hydrogen-bond acceptors (Lipinski definition) is 3. The van der Waals surface area contributed by atoms with Crippen LogP contribution >= 0.6 is 22.6 Å². The largest absolute Gasteiger partial charge is 0.481 e. The Morgan fingerprint density at radius 3 is 2.67 bits per heavy atom. The monoisotopic (exact) mass is 360 g/mol. The van der Waals surface area contributed by atoms with E-state index in [0.29, 0.717) is 13.1 Å². The predicted molar refractivity (Wildman–Crippen MR) is 75.4 cm³/mol. The molecule has 1 saturated heterocycles. The van der Waals surface area contributed by atoms with Gasteiger partial charge in [0.1, 0.15) is 0 Å². The van der Waals surface area contributed by atoms with Gasteiger partial charge in [0.25, 0.3) is 0 Å². The molecule has 0 unspecified atom stereocenters. The standard InChI is InChI=1S/C12H13IN2O3/c13-9-3-1-2-4-10(9)14-11(16)7-15-5-8(6-15)12(17)18/h1-4,8H,5-7H2,(H,14,16)(H,17,18). The molecule has 1 aliphatic heterocycles. The Bertz CT molecular complexity index is 472.